The van der Waals surface area contributed by atoms with Gasteiger partial charge in [0.25, 0.3) is 0 Å². The molecule has 0 aliphatic rings. The maximum absolute atomic E-state index is 13.2. The zero-order valence-electron chi connectivity index (χ0n) is 9.14. The van der Waals surface area contributed by atoms with Crippen molar-refractivity contribution in [3.63, 3.8) is 0 Å². The first-order valence-corrected chi connectivity index (χ1v) is 4.97. The molecule has 0 spiro atoms. The zero-order chi connectivity index (χ0) is 13.1. The largest absolute Gasteiger partial charge is 0.550 e. The summed E-state index contributed by atoms with van der Waals surface area (Å²) in [4.78, 5) is 24.6. The molecule has 1 N–H and O–H groups in total. The highest BCUT2D eigenvalue weighted by Crippen LogP contribution is 2.30. The summed E-state index contributed by atoms with van der Waals surface area (Å²) in [6.07, 6.45) is 0.556. The third-order valence-corrected chi connectivity index (χ3v) is 2.58. The first-order chi connectivity index (χ1) is 7.94. The Morgan fingerprint density at radius 2 is 2.35 bits per heavy atom. The molecule has 1 aromatic heterocycles. The summed E-state index contributed by atoms with van der Waals surface area (Å²) in [6.45, 7) is 1.52. The number of carbonyl (C=O) groups excluding carboxylic acids is 2. The molecule has 0 fully saturated rings. The number of rotatable bonds is 5. The van der Waals surface area contributed by atoms with Gasteiger partial charge in [0.2, 0.25) is 5.95 Å². The Balaban J connectivity index is 3.33. The number of hydrogen-bond donors (Lipinski definition) is 1. The first-order valence-electron chi connectivity index (χ1n) is 4.97. The second kappa shape index (κ2) is 5.01. The van der Waals surface area contributed by atoms with Gasteiger partial charge in [0.05, 0.1) is 11.2 Å². The Bertz CT molecular complexity index is 449. The number of nitrogens with zero attached hydrogens (tertiary/aromatic N) is 1. The van der Waals surface area contributed by atoms with Crippen LogP contribution in [0.25, 0.3) is 0 Å². The number of halogens is 1. The van der Waals surface area contributed by atoms with Gasteiger partial charge in [-0.05, 0) is 12.5 Å². The lowest BCUT2D eigenvalue weighted by atomic mass is 9.86. The SMILES string of the molecule is CCC(O)(CC(=O)[O-])c1ccnc(F)c1C=O. The van der Waals surface area contributed by atoms with E-state index >= 15 is 0 Å². The summed E-state index contributed by atoms with van der Waals surface area (Å²) in [5.74, 6) is -2.52. The van der Waals surface area contributed by atoms with Gasteiger partial charge in [0.1, 0.15) is 0 Å². The fourth-order valence-electron chi connectivity index (χ4n) is 1.62. The quantitative estimate of drug-likeness (QED) is 0.567. The van der Waals surface area contributed by atoms with E-state index in [4.69, 9.17) is 0 Å². The predicted molar refractivity (Wildman–Crippen MR) is 53.4 cm³/mol. The third-order valence-electron chi connectivity index (χ3n) is 2.58. The van der Waals surface area contributed by atoms with Crippen LogP contribution in [0.2, 0.25) is 0 Å². The summed E-state index contributed by atoms with van der Waals surface area (Å²) in [5, 5.41) is 20.7. The molecule has 17 heavy (non-hydrogen) atoms. The number of aliphatic carboxylic acids is 1. The van der Waals surface area contributed by atoms with Gasteiger partial charge in [-0.25, -0.2) is 4.98 Å². The number of carboxylic acid groups (broad SMARTS) is 1. The zero-order valence-corrected chi connectivity index (χ0v) is 9.14. The molecule has 0 aromatic carbocycles. The van der Waals surface area contributed by atoms with Crippen molar-refractivity contribution in [2.75, 3.05) is 0 Å². The molecule has 0 amide bonds. The van der Waals surface area contributed by atoms with Crippen LogP contribution >= 0.6 is 0 Å². The maximum Gasteiger partial charge on any atom is 0.223 e. The minimum absolute atomic E-state index is 0.00523. The molecule has 1 atom stereocenters. The van der Waals surface area contributed by atoms with E-state index in [1.54, 1.807) is 0 Å². The fraction of sp³-hybridized carbons (Fsp3) is 0.364. The molecule has 1 heterocycles. The maximum atomic E-state index is 13.2. The van der Waals surface area contributed by atoms with Crippen molar-refractivity contribution in [3.05, 3.63) is 29.3 Å². The van der Waals surface area contributed by atoms with E-state index in [0.717, 1.165) is 6.20 Å². The Hall–Kier alpha value is -1.82. The van der Waals surface area contributed by atoms with Crippen molar-refractivity contribution in [1.82, 2.24) is 4.98 Å². The topological polar surface area (TPSA) is 90.3 Å². The highest BCUT2D eigenvalue weighted by molar-refractivity contribution is 5.78. The van der Waals surface area contributed by atoms with Gasteiger partial charge in [-0.3, -0.25) is 4.79 Å². The minimum atomic E-state index is -1.83. The van der Waals surface area contributed by atoms with E-state index in [9.17, 15) is 24.2 Å². The normalized spacial score (nSPS) is 14.1. The molecule has 0 aliphatic heterocycles. The van der Waals surface area contributed by atoms with Crippen LogP contribution in [-0.4, -0.2) is 22.3 Å². The van der Waals surface area contributed by atoms with E-state index < -0.39 is 29.5 Å². The number of carbonyl (C=O) groups is 2. The average molecular weight is 240 g/mol. The first kappa shape index (κ1) is 13.2. The molecule has 1 rings (SSSR count). The molecule has 0 aliphatic carbocycles. The van der Waals surface area contributed by atoms with Crippen molar-refractivity contribution in [1.29, 1.82) is 0 Å². The van der Waals surface area contributed by atoms with Gasteiger partial charge < -0.3 is 15.0 Å². The third kappa shape index (κ3) is 2.65. The van der Waals surface area contributed by atoms with Crippen LogP contribution in [0.3, 0.4) is 0 Å². The Labute approximate surface area is 96.9 Å². The highest BCUT2D eigenvalue weighted by Gasteiger charge is 2.31. The monoisotopic (exact) mass is 240 g/mol. The molecular formula is C11H11FNO4-. The summed E-state index contributed by atoms with van der Waals surface area (Å²) in [7, 11) is 0. The number of aldehydes is 1. The molecule has 1 aromatic rings. The van der Waals surface area contributed by atoms with Crippen molar-refractivity contribution >= 4 is 12.3 Å². The van der Waals surface area contributed by atoms with Gasteiger partial charge in [-0.15, -0.1) is 0 Å². The lowest BCUT2D eigenvalue weighted by Gasteiger charge is -2.28. The lowest BCUT2D eigenvalue weighted by molar-refractivity contribution is -0.309. The smallest absolute Gasteiger partial charge is 0.223 e. The van der Waals surface area contributed by atoms with Gasteiger partial charge in [0.15, 0.2) is 6.29 Å². The van der Waals surface area contributed by atoms with Crippen LogP contribution in [0.1, 0.15) is 35.7 Å². The van der Waals surface area contributed by atoms with Crippen LogP contribution in [0.15, 0.2) is 12.3 Å². The summed E-state index contributed by atoms with van der Waals surface area (Å²) in [5.41, 5.74) is -2.36. The summed E-state index contributed by atoms with van der Waals surface area (Å²) < 4.78 is 13.2. The van der Waals surface area contributed by atoms with E-state index in [2.05, 4.69) is 4.98 Å². The van der Waals surface area contributed by atoms with Crippen LogP contribution in [-0.2, 0) is 10.4 Å². The van der Waals surface area contributed by atoms with Crippen LogP contribution in [0, 0.1) is 5.95 Å². The number of hydrogen-bond acceptors (Lipinski definition) is 5. The van der Waals surface area contributed by atoms with Crippen LogP contribution in [0.4, 0.5) is 4.39 Å². The van der Waals surface area contributed by atoms with Crippen LogP contribution < -0.4 is 5.11 Å². The van der Waals surface area contributed by atoms with Crippen LogP contribution in [0.5, 0.6) is 0 Å². The molecule has 0 saturated heterocycles. The van der Waals surface area contributed by atoms with Crippen molar-refractivity contribution in [2.45, 2.75) is 25.4 Å². The number of carboxylic acids is 1. The summed E-state index contributed by atoms with van der Waals surface area (Å²) >= 11 is 0. The minimum Gasteiger partial charge on any atom is -0.550 e. The van der Waals surface area contributed by atoms with Gasteiger partial charge in [-0.2, -0.15) is 4.39 Å². The van der Waals surface area contributed by atoms with Crippen molar-refractivity contribution in [2.24, 2.45) is 0 Å². The van der Waals surface area contributed by atoms with E-state index in [1.807, 2.05) is 0 Å². The molecule has 0 saturated carbocycles. The van der Waals surface area contributed by atoms with E-state index in [1.165, 1.54) is 13.0 Å². The molecule has 0 bridgehead atoms. The molecule has 5 nitrogen and oxygen atoms in total. The summed E-state index contributed by atoms with van der Waals surface area (Å²) in [6, 6.07) is 1.22. The average Bonchev–Trinajstić information content (AvgIpc) is 2.27. The van der Waals surface area contributed by atoms with Gasteiger partial charge in [0, 0.05) is 24.2 Å². The van der Waals surface area contributed by atoms with E-state index in [0.29, 0.717) is 0 Å². The number of pyridine rings is 1. The standard InChI is InChI=1S/C11H12FNO4/c1-2-11(17,5-9(15)16)8-3-4-13-10(12)7(8)6-14/h3-4,6,17H,2,5H2,1H3,(H,15,16)/p-1. The predicted octanol–water partition coefficient (Wildman–Crippen LogP) is -0.229. The molecular weight excluding hydrogens is 229 g/mol. The molecule has 92 valence electrons. The van der Waals surface area contributed by atoms with Gasteiger partial charge in [-0.1, -0.05) is 6.92 Å². The second-order valence-corrected chi connectivity index (χ2v) is 3.61. The van der Waals surface area contributed by atoms with E-state index in [-0.39, 0.29) is 18.3 Å². The number of aliphatic hydroxyl groups is 1. The second-order valence-electron chi connectivity index (χ2n) is 3.61. The Morgan fingerprint density at radius 3 is 2.82 bits per heavy atom. The Morgan fingerprint density at radius 1 is 1.71 bits per heavy atom. The molecule has 1 unspecified atom stereocenters. The van der Waals surface area contributed by atoms with Crippen molar-refractivity contribution in [3.8, 4) is 0 Å². The Kier molecular flexibility index (Phi) is 3.90. The molecule has 6 heteroatoms. The highest BCUT2D eigenvalue weighted by atomic mass is 19.1. The fourth-order valence-corrected chi connectivity index (χ4v) is 1.62. The molecule has 0 radical (unpaired) electrons. The van der Waals surface area contributed by atoms with Gasteiger partial charge >= 0.3 is 0 Å². The number of aromatic nitrogens is 1. The lowest BCUT2D eigenvalue weighted by Crippen LogP contribution is -2.36. The van der Waals surface area contributed by atoms with Crippen molar-refractivity contribution < 1.29 is 24.2 Å².